The topological polar surface area (TPSA) is 116 Å². The summed E-state index contributed by atoms with van der Waals surface area (Å²) >= 11 is 0. The zero-order valence-electron chi connectivity index (χ0n) is 10.6. The zero-order chi connectivity index (χ0) is 14.3. The second-order valence-electron chi connectivity index (χ2n) is 4.54. The minimum atomic E-state index is -1.44. The van der Waals surface area contributed by atoms with Crippen LogP contribution >= 0.6 is 0 Å². The van der Waals surface area contributed by atoms with Crippen molar-refractivity contribution in [2.75, 3.05) is 19.8 Å². The lowest BCUT2D eigenvalue weighted by molar-refractivity contribution is -0.126. The van der Waals surface area contributed by atoms with E-state index in [-0.39, 0.29) is 0 Å². The molecule has 0 radical (unpaired) electrons. The molecule has 1 aromatic carbocycles. The van der Waals surface area contributed by atoms with E-state index in [0.717, 1.165) is 5.56 Å². The average molecular weight is 268 g/mol. The number of amides is 1. The monoisotopic (exact) mass is 268 g/mol. The Hall–Kier alpha value is -1.47. The van der Waals surface area contributed by atoms with Gasteiger partial charge in [0.1, 0.15) is 5.54 Å². The van der Waals surface area contributed by atoms with Crippen molar-refractivity contribution in [1.29, 1.82) is 0 Å². The minimum absolute atomic E-state index is 0.338. The predicted octanol–water partition coefficient (Wildman–Crippen LogP) is -1.61. The number of rotatable bonds is 7. The van der Waals surface area contributed by atoms with E-state index in [1.807, 2.05) is 30.3 Å². The van der Waals surface area contributed by atoms with E-state index in [1.165, 1.54) is 0 Å². The van der Waals surface area contributed by atoms with Crippen LogP contribution in [0.3, 0.4) is 0 Å². The van der Waals surface area contributed by atoms with Gasteiger partial charge in [0.2, 0.25) is 5.91 Å². The van der Waals surface area contributed by atoms with Crippen LogP contribution in [-0.4, -0.2) is 52.6 Å². The lowest BCUT2D eigenvalue weighted by Crippen LogP contribution is -2.60. The van der Waals surface area contributed by atoms with E-state index >= 15 is 0 Å². The van der Waals surface area contributed by atoms with Crippen LogP contribution in [-0.2, 0) is 11.2 Å². The maximum atomic E-state index is 11.9. The molecule has 1 aromatic rings. The van der Waals surface area contributed by atoms with Gasteiger partial charge in [0.25, 0.3) is 0 Å². The first-order valence-electron chi connectivity index (χ1n) is 6.01. The van der Waals surface area contributed by atoms with Crippen molar-refractivity contribution in [1.82, 2.24) is 5.32 Å². The quantitative estimate of drug-likeness (QED) is 0.408. The van der Waals surface area contributed by atoms with Gasteiger partial charge in [-0.05, 0) is 12.0 Å². The molecule has 0 fully saturated rings. The molecule has 1 atom stereocenters. The summed E-state index contributed by atoms with van der Waals surface area (Å²) in [7, 11) is 0. The van der Waals surface area contributed by atoms with Crippen LogP contribution in [0.5, 0.6) is 0 Å². The summed E-state index contributed by atoms with van der Waals surface area (Å²) < 4.78 is 0. The van der Waals surface area contributed by atoms with Gasteiger partial charge >= 0.3 is 0 Å². The molecule has 19 heavy (non-hydrogen) atoms. The summed E-state index contributed by atoms with van der Waals surface area (Å²) in [5, 5.41) is 29.7. The molecule has 0 aliphatic carbocycles. The molecule has 0 saturated carbocycles. The molecule has 1 rings (SSSR count). The first-order valence-corrected chi connectivity index (χ1v) is 6.01. The Morgan fingerprint density at radius 3 is 2.16 bits per heavy atom. The lowest BCUT2D eigenvalue weighted by Gasteiger charge is -2.30. The van der Waals surface area contributed by atoms with Gasteiger partial charge in [0.05, 0.1) is 25.9 Å². The molecule has 6 N–H and O–H groups in total. The molecule has 0 bridgehead atoms. The van der Waals surface area contributed by atoms with Crippen molar-refractivity contribution in [3.63, 3.8) is 0 Å². The largest absolute Gasteiger partial charge is 0.394 e. The van der Waals surface area contributed by atoms with Gasteiger partial charge in [-0.15, -0.1) is 0 Å². The third-order valence-corrected chi connectivity index (χ3v) is 2.93. The van der Waals surface area contributed by atoms with Crippen LogP contribution in [0.1, 0.15) is 5.56 Å². The van der Waals surface area contributed by atoms with Crippen molar-refractivity contribution < 1.29 is 20.1 Å². The Labute approximate surface area is 111 Å². The number of aliphatic hydroxyl groups is 3. The summed E-state index contributed by atoms with van der Waals surface area (Å²) in [4.78, 5) is 11.9. The summed E-state index contributed by atoms with van der Waals surface area (Å²) in [5.41, 5.74) is 5.23. The van der Waals surface area contributed by atoms with E-state index in [1.54, 1.807) is 0 Å². The molecule has 0 spiro atoms. The molecular weight excluding hydrogens is 248 g/mol. The molecule has 0 aromatic heterocycles. The average Bonchev–Trinajstić information content (AvgIpc) is 2.45. The highest BCUT2D eigenvalue weighted by molar-refractivity contribution is 5.82. The van der Waals surface area contributed by atoms with Gasteiger partial charge < -0.3 is 26.4 Å². The van der Waals surface area contributed by atoms with Crippen LogP contribution in [0.4, 0.5) is 0 Å². The summed E-state index contributed by atoms with van der Waals surface area (Å²) in [6.07, 6.45) is 0.338. The molecule has 6 heteroatoms. The van der Waals surface area contributed by atoms with Gasteiger partial charge in [0, 0.05) is 0 Å². The summed E-state index contributed by atoms with van der Waals surface area (Å²) in [6.45, 7) is -1.70. The Morgan fingerprint density at radius 1 is 1.16 bits per heavy atom. The summed E-state index contributed by atoms with van der Waals surface area (Å²) in [6, 6.07) is 8.45. The molecule has 0 aliphatic rings. The van der Waals surface area contributed by atoms with E-state index in [0.29, 0.717) is 6.42 Å². The second-order valence-corrected chi connectivity index (χ2v) is 4.54. The van der Waals surface area contributed by atoms with Crippen LogP contribution in [0.2, 0.25) is 0 Å². The highest BCUT2D eigenvalue weighted by Gasteiger charge is 2.31. The standard InChI is InChI=1S/C13H20N2O4/c14-11(6-10-4-2-1-3-5-10)12(19)15-13(7-16,8-17)9-18/h1-5,11,16-18H,6-9,14H2,(H,15,19)/t11-/m1/s1. The molecule has 0 heterocycles. The number of carbonyl (C=O) groups excluding carboxylic acids is 1. The molecule has 1 amide bonds. The van der Waals surface area contributed by atoms with E-state index in [4.69, 9.17) is 21.1 Å². The lowest BCUT2D eigenvalue weighted by atomic mass is 10.0. The van der Waals surface area contributed by atoms with Crippen molar-refractivity contribution >= 4 is 5.91 Å². The number of hydrogen-bond donors (Lipinski definition) is 5. The second kappa shape index (κ2) is 7.20. The number of aliphatic hydroxyl groups excluding tert-OH is 3. The van der Waals surface area contributed by atoms with E-state index in [9.17, 15) is 4.79 Å². The molecule has 106 valence electrons. The maximum Gasteiger partial charge on any atom is 0.237 e. The van der Waals surface area contributed by atoms with Gasteiger partial charge in [0.15, 0.2) is 0 Å². The van der Waals surface area contributed by atoms with Crippen molar-refractivity contribution in [2.45, 2.75) is 18.0 Å². The van der Waals surface area contributed by atoms with E-state index < -0.39 is 37.3 Å². The number of nitrogens with two attached hydrogens (primary N) is 1. The fraction of sp³-hybridized carbons (Fsp3) is 0.462. The third-order valence-electron chi connectivity index (χ3n) is 2.93. The molecule has 0 saturated heterocycles. The number of carbonyl (C=O) groups is 1. The van der Waals surface area contributed by atoms with Gasteiger partial charge in [-0.25, -0.2) is 0 Å². The first-order chi connectivity index (χ1) is 9.06. The Kier molecular flexibility index (Phi) is 5.91. The zero-order valence-corrected chi connectivity index (χ0v) is 10.6. The third kappa shape index (κ3) is 4.29. The van der Waals surface area contributed by atoms with Crippen LogP contribution < -0.4 is 11.1 Å². The van der Waals surface area contributed by atoms with Crippen molar-refractivity contribution in [3.05, 3.63) is 35.9 Å². The molecule has 0 aliphatic heterocycles. The number of nitrogens with one attached hydrogen (secondary N) is 1. The Morgan fingerprint density at radius 2 is 1.68 bits per heavy atom. The number of benzene rings is 1. The van der Waals surface area contributed by atoms with Crippen molar-refractivity contribution in [2.24, 2.45) is 5.73 Å². The summed E-state index contributed by atoms with van der Waals surface area (Å²) in [5.74, 6) is -0.527. The smallest absolute Gasteiger partial charge is 0.237 e. The highest BCUT2D eigenvalue weighted by Crippen LogP contribution is 2.05. The van der Waals surface area contributed by atoms with Crippen LogP contribution in [0, 0.1) is 0 Å². The Balaban J connectivity index is 2.62. The van der Waals surface area contributed by atoms with Crippen LogP contribution in [0.15, 0.2) is 30.3 Å². The SMILES string of the molecule is N[C@H](Cc1ccccc1)C(=O)NC(CO)(CO)CO. The normalized spacial score (nSPS) is 13.1. The maximum absolute atomic E-state index is 11.9. The number of hydrogen-bond acceptors (Lipinski definition) is 5. The first kappa shape index (κ1) is 15.6. The minimum Gasteiger partial charge on any atom is -0.394 e. The molecule has 6 nitrogen and oxygen atoms in total. The fourth-order valence-corrected chi connectivity index (χ4v) is 1.58. The highest BCUT2D eigenvalue weighted by atomic mass is 16.3. The van der Waals surface area contributed by atoms with Gasteiger partial charge in [-0.2, -0.15) is 0 Å². The van der Waals surface area contributed by atoms with Crippen molar-refractivity contribution in [3.8, 4) is 0 Å². The van der Waals surface area contributed by atoms with E-state index in [2.05, 4.69) is 5.32 Å². The predicted molar refractivity (Wildman–Crippen MR) is 70.3 cm³/mol. The van der Waals surface area contributed by atoms with Gasteiger partial charge in [-0.1, -0.05) is 30.3 Å². The molecular formula is C13H20N2O4. The molecule has 0 unspecified atom stereocenters. The van der Waals surface area contributed by atoms with Gasteiger partial charge in [-0.3, -0.25) is 4.79 Å². The van der Waals surface area contributed by atoms with Crippen LogP contribution in [0.25, 0.3) is 0 Å². The fourth-order valence-electron chi connectivity index (χ4n) is 1.58. The Bertz CT molecular complexity index is 385.